The average molecular weight is 358 g/mol. The van der Waals surface area contributed by atoms with E-state index in [1.54, 1.807) is 0 Å². The standard InChI is InChI=1S/C15H14BrClO3/c1-9-3-4-12(20-9)15(17)10-7-13-14(8-11(10)16)19-6-2-5-18-13/h3-4,7-8,15H,2,5-6H2,1H3. The zero-order valence-corrected chi connectivity index (χ0v) is 13.3. The summed E-state index contributed by atoms with van der Waals surface area (Å²) in [5.74, 6) is 3.04. The third-order valence-corrected chi connectivity index (χ3v) is 4.29. The molecule has 0 N–H and O–H groups in total. The molecule has 0 radical (unpaired) electrons. The molecular weight excluding hydrogens is 344 g/mol. The Morgan fingerprint density at radius 3 is 2.50 bits per heavy atom. The number of halogens is 2. The lowest BCUT2D eigenvalue weighted by molar-refractivity contribution is 0.297. The minimum absolute atomic E-state index is 0.366. The van der Waals surface area contributed by atoms with Gasteiger partial charge in [-0.05, 0) is 36.8 Å². The summed E-state index contributed by atoms with van der Waals surface area (Å²) in [6, 6.07) is 7.62. The van der Waals surface area contributed by atoms with Crippen LogP contribution in [0.4, 0.5) is 0 Å². The molecule has 0 fully saturated rings. The van der Waals surface area contributed by atoms with Crippen molar-refractivity contribution in [3.05, 3.63) is 45.8 Å². The number of fused-ring (bicyclic) bond motifs is 1. The van der Waals surface area contributed by atoms with Gasteiger partial charge in [-0.1, -0.05) is 15.9 Å². The largest absolute Gasteiger partial charge is 0.490 e. The maximum atomic E-state index is 6.51. The van der Waals surface area contributed by atoms with Crippen LogP contribution in [0, 0.1) is 6.92 Å². The average Bonchev–Trinajstić information content (AvgIpc) is 2.73. The molecule has 20 heavy (non-hydrogen) atoms. The van der Waals surface area contributed by atoms with Gasteiger partial charge in [-0.2, -0.15) is 0 Å². The highest BCUT2D eigenvalue weighted by molar-refractivity contribution is 9.10. The van der Waals surface area contributed by atoms with E-state index in [4.69, 9.17) is 25.5 Å². The van der Waals surface area contributed by atoms with Gasteiger partial charge in [0.2, 0.25) is 0 Å². The number of ether oxygens (including phenoxy) is 2. The Morgan fingerprint density at radius 2 is 1.85 bits per heavy atom. The van der Waals surface area contributed by atoms with Crippen molar-refractivity contribution in [1.82, 2.24) is 0 Å². The minimum Gasteiger partial charge on any atom is -0.490 e. The van der Waals surface area contributed by atoms with Crippen molar-refractivity contribution in [1.29, 1.82) is 0 Å². The van der Waals surface area contributed by atoms with Crippen LogP contribution in [0.25, 0.3) is 0 Å². The predicted octanol–water partition coefficient (Wildman–Crippen LogP) is 4.84. The molecular formula is C15H14BrClO3. The fraction of sp³-hybridized carbons (Fsp3) is 0.333. The number of furan rings is 1. The van der Waals surface area contributed by atoms with E-state index in [9.17, 15) is 0 Å². The zero-order chi connectivity index (χ0) is 14.1. The molecule has 106 valence electrons. The van der Waals surface area contributed by atoms with E-state index in [2.05, 4.69) is 15.9 Å². The van der Waals surface area contributed by atoms with Gasteiger partial charge >= 0.3 is 0 Å². The van der Waals surface area contributed by atoms with E-state index in [1.807, 2.05) is 31.2 Å². The van der Waals surface area contributed by atoms with E-state index in [1.165, 1.54) is 0 Å². The molecule has 5 heteroatoms. The molecule has 1 aromatic heterocycles. The Kier molecular flexibility index (Phi) is 3.94. The number of benzene rings is 1. The first-order chi connectivity index (χ1) is 9.65. The minimum atomic E-state index is -0.366. The van der Waals surface area contributed by atoms with Gasteiger partial charge in [0.15, 0.2) is 11.5 Å². The smallest absolute Gasteiger partial charge is 0.162 e. The van der Waals surface area contributed by atoms with Crippen LogP contribution in [-0.2, 0) is 0 Å². The Balaban J connectivity index is 1.99. The van der Waals surface area contributed by atoms with Crippen LogP contribution in [0.3, 0.4) is 0 Å². The fourth-order valence-corrected chi connectivity index (χ4v) is 3.12. The quantitative estimate of drug-likeness (QED) is 0.721. The van der Waals surface area contributed by atoms with Gasteiger partial charge in [-0.25, -0.2) is 0 Å². The van der Waals surface area contributed by atoms with Crippen LogP contribution in [0.5, 0.6) is 11.5 Å². The number of hydrogen-bond acceptors (Lipinski definition) is 3. The molecule has 0 saturated heterocycles. The number of hydrogen-bond donors (Lipinski definition) is 0. The maximum Gasteiger partial charge on any atom is 0.162 e. The zero-order valence-electron chi connectivity index (χ0n) is 11.0. The first-order valence-corrected chi connectivity index (χ1v) is 7.67. The molecule has 1 atom stereocenters. The molecule has 1 aliphatic heterocycles. The molecule has 3 rings (SSSR count). The lowest BCUT2D eigenvalue weighted by atomic mass is 10.1. The van der Waals surface area contributed by atoms with Crippen LogP contribution in [0.15, 0.2) is 33.2 Å². The number of aryl methyl sites for hydroxylation is 1. The van der Waals surface area contributed by atoms with E-state index >= 15 is 0 Å². The molecule has 1 aliphatic rings. The van der Waals surface area contributed by atoms with Gasteiger partial charge in [0, 0.05) is 10.9 Å². The molecule has 0 amide bonds. The van der Waals surface area contributed by atoms with Gasteiger partial charge in [0.25, 0.3) is 0 Å². The van der Waals surface area contributed by atoms with Crippen LogP contribution in [0.1, 0.15) is 28.9 Å². The lowest BCUT2D eigenvalue weighted by Gasteiger charge is -2.14. The monoisotopic (exact) mass is 356 g/mol. The third-order valence-electron chi connectivity index (χ3n) is 3.15. The molecule has 1 unspecified atom stereocenters. The van der Waals surface area contributed by atoms with Crippen molar-refractivity contribution in [2.75, 3.05) is 13.2 Å². The van der Waals surface area contributed by atoms with Crippen LogP contribution in [-0.4, -0.2) is 13.2 Å². The third kappa shape index (κ3) is 2.67. The molecule has 0 bridgehead atoms. The lowest BCUT2D eigenvalue weighted by Crippen LogP contribution is -1.98. The highest BCUT2D eigenvalue weighted by Gasteiger charge is 2.21. The summed E-state index contributed by atoms with van der Waals surface area (Å²) in [5, 5.41) is -0.366. The van der Waals surface area contributed by atoms with Gasteiger partial charge < -0.3 is 13.9 Å². The topological polar surface area (TPSA) is 31.6 Å². The van der Waals surface area contributed by atoms with Crippen LogP contribution < -0.4 is 9.47 Å². The summed E-state index contributed by atoms with van der Waals surface area (Å²) in [5.41, 5.74) is 0.908. The Hall–Kier alpha value is -1.13. The van der Waals surface area contributed by atoms with Crippen molar-refractivity contribution in [2.45, 2.75) is 18.7 Å². The van der Waals surface area contributed by atoms with E-state index in [0.717, 1.165) is 39.5 Å². The summed E-state index contributed by atoms with van der Waals surface area (Å²) in [6.45, 7) is 3.22. The Morgan fingerprint density at radius 1 is 1.15 bits per heavy atom. The summed E-state index contributed by atoms with van der Waals surface area (Å²) < 4.78 is 17.8. The first-order valence-electron chi connectivity index (χ1n) is 6.44. The van der Waals surface area contributed by atoms with Gasteiger partial charge in [0.1, 0.15) is 16.9 Å². The second-order valence-corrected chi connectivity index (χ2v) is 5.97. The van der Waals surface area contributed by atoms with Gasteiger partial charge in [0.05, 0.1) is 13.2 Å². The van der Waals surface area contributed by atoms with Gasteiger partial charge in [-0.15, -0.1) is 11.6 Å². The second-order valence-electron chi connectivity index (χ2n) is 4.68. The normalized spacial score (nSPS) is 15.8. The predicted molar refractivity (Wildman–Crippen MR) is 80.9 cm³/mol. The maximum absolute atomic E-state index is 6.51. The van der Waals surface area contributed by atoms with Crippen molar-refractivity contribution in [3.63, 3.8) is 0 Å². The number of rotatable bonds is 2. The first kappa shape index (κ1) is 13.8. The highest BCUT2D eigenvalue weighted by atomic mass is 79.9. The Labute approximate surface area is 130 Å². The molecule has 0 aliphatic carbocycles. The summed E-state index contributed by atoms with van der Waals surface area (Å²) in [7, 11) is 0. The van der Waals surface area contributed by atoms with Crippen LogP contribution >= 0.6 is 27.5 Å². The molecule has 3 nitrogen and oxygen atoms in total. The SMILES string of the molecule is Cc1ccc(C(Cl)c2cc3c(cc2Br)OCCCO3)o1. The molecule has 1 aromatic carbocycles. The fourth-order valence-electron chi connectivity index (χ4n) is 2.14. The van der Waals surface area contributed by atoms with E-state index in [0.29, 0.717) is 13.2 Å². The summed E-state index contributed by atoms with van der Waals surface area (Å²) >= 11 is 10.1. The highest BCUT2D eigenvalue weighted by Crippen LogP contribution is 2.41. The molecule has 2 heterocycles. The van der Waals surface area contributed by atoms with Crippen molar-refractivity contribution < 1.29 is 13.9 Å². The molecule has 0 spiro atoms. The second kappa shape index (κ2) is 5.70. The van der Waals surface area contributed by atoms with E-state index in [-0.39, 0.29) is 5.38 Å². The van der Waals surface area contributed by atoms with Crippen LogP contribution in [0.2, 0.25) is 0 Å². The summed E-state index contributed by atoms with van der Waals surface area (Å²) in [4.78, 5) is 0. The van der Waals surface area contributed by atoms with E-state index < -0.39 is 0 Å². The molecule has 0 saturated carbocycles. The van der Waals surface area contributed by atoms with Crippen molar-refractivity contribution in [3.8, 4) is 11.5 Å². The van der Waals surface area contributed by atoms with Gasteiger partial charge in [-0.3, -0.25) is 0 Å². The Bertz CT molecular complexity index is 624. The molecule has 2 aromatic rings. The van der Waals surface area contributed by atoms with Crippen molar-refractivity contribution in [2.24, 2.45) is 0 Å². The number of alkyl halides is 1. The van der Waals surface area contributed by atoms with Crippen molar-refractivity contribution >= 4 is 27.5 Å². The summed E-state index contributed by atoms with van der Waals surface area (Å²) in [6.07, 6.45) is 0.878.